The topological polar surface area (TPSA) is 81.8 Å². The Labute approximate surface area is 132 Å². The zero-order valence-electron chi connectivity index (χ0n) is 13.4. The minimum absolute atomic E-state index is 0.0768. The van der Waals surface area contributed by atoms with E-state index in [0.29, 0.717) is 22.4 Å². The van der Waals surface area contributed by atoms with Gasteiger partial charge in [0.05, 0.1) is 23.0 Å². The molecular weight excluding hydrogens is 294 g/mol. The fourth-order valence-electron chi connectivity index (χ4n) is 2.64. The number of nitrogens with one attached hydrogen (secondary N) is 1. The molecule has 3 rings (SSSR count). The molecule has 0 bridgehead atoms. The molecule has 0 spiro atoms. The normalized spacial score (nSPS) is 11.0. The number of hydrogen-bond donors (Lipinski definition) is 1. The number of pyridine rings is 2. The minimum atomic E-state index is -0.454. The summed E-state index contributed by atoms with van der Waals surface area (Å²) in [5.74, 6) is -0.454. The molecule has 0 atom stereocenters. The first kappa shape index (κ1) is 15.0. The van der Waals surface area contributed by atoms with E-state index in [9.17, 15) is 9.59 Å². The summed E-state index contributed by atoms with van der Waals surface area (Å²) < 4.78 is 3.32. The fraction of sp³-hybridized carbons (Fsp3) is 0.250. The SMILES string of the molecule is Cc1ccc(NC(=O)c2cn(C)c3c(cnn3C)c2=O)c(C)n1. The number of carbonyl (C=O) groups is 1. The lowest BCUT2D eigenvalue weighted by molar-refractivity contribution is 0.102. The van der Waals surface area contributed by atoms with Gasteiger partial charge < -0.3 is 9.88 Å². The first-order valence-electron chi connectivity index (χ1n) is 7.15. The van der Waals surface area contributed by atoms with Gasteiger partial charge in [-0.25, -0.2) is 0 Å². The van der Waals surface area contributed by atoms with Crippen LogP contribution in [-0.2, 0) is 14.1 Å². The molecule has 0 saturated heterocycles. The van der Waals surface area contributed by atoms with Crippen LogP contribution in [0.3, 0.4) is 0 Å². The maximum Gasteiger partial charge on any atom is 0.261 e. The summed E-state index contributed by atoms with van der Waals surface area (Å²) in [6.45, 7) is 3.69. The van der Waals surface area contributed by atoms with Crippen LogP contribution >= 0.6 is 0 Å². The highest BCUT2D eigenvalue weighted by Gasteiger charge is 2.17. The zero-order valence-corrected chi connectivity index (χ0v) is 13.4. The number of hydrogen-bond acceptors (Lipinski definition) is 4. The van der Waals surface area contributed by atoms with E-state index in [1.165, 1.54) is 12.4 Å². The summed E-state index contributed by atoms with van der Waals surface area (Å²) in [7, 11) is 3.53. The molecule has 0 fully saturated rings. The molecular formula is C16H17N5O2. The van der Waals surface area contributed by atoms with Gasteiger partial charge in [-0.15, -0.1) is 0 Å². The van der Waals surface area contributed by atoms with Crippen LogP contribution in [-0.4, -0.2) is 25.2 Å². The molecule has 0 aliphatic rings. The monoisotopic (exact) mass is 311 g/mol. The van der Waals surface area contributed by atoms with Crippen molar-refractivity contribution < 1.29 is 4.79 Å². The van der Waals surface area contributed by atoms with Gasteiger partial charge in [0.25, 0.3) is 5.91 Å². The Morgan fingerprint density at radius 1 is 1.22 bits per heavy atom. The van der Waals surface area contributed by atoms with E-state index < -0.39 is 5.91 Å². The molecule has 0 unspecified atom stereocenters. The van der Waals surface area contributed by atoms with E-state index >= 15 is 0 Å². The average Bonchev–Trinajstić information content (AvgIpc) is 2.88. The van der Waals surface area contributed by atoms with Crippen LogP contribution in [0.15, 0.2) is 29.3 Å². The second-order valence-corrected chi connectivity index (χ2v) is 5.53. The predicted octanol–water partition coefficient (Wildman–Crippen LogP) is 1.54. The van der Waals surface area contributed by atoms with Crippen LogP contribution in [0.5, 0.6) is 0 Å². The Morgan fingerprint density at radius 3 is 2.65 bits per heavy atom. The molecule has 3 aromatic heterocycles. The van der Waals surface area contributed by atoms with Crippen LogP contribution in [0.4, 0.5) is 5.69 Å². The third-order valence-electron chi connectivity index (χ3n) is 3.77. The van der Waals surface area contributed by atoms with Crippen molar-refractivity contribution in [2.45, 2.75) is 13.8 Å². The molecule has 1 N–H and O–H groups in total. The Balaban J connectivity index is 2.04. The number of carbonyl (C=O) groups excluding carboxylic acids is 1. The van der Waals surface area contributed by atoms with Crippen LogP contribution in [0.1, 0.15) is 21.7 Å². The van der Waals surface area contributed by atoms with E-state index in [4.69, 9.17) is 0 Å². The highest BCUT2D eigenvalue weighted by Crippen LogP contribution is 2.15. The maximum atomic E-state index is 12.5. The molecule has 23 heavy (non-hydrogen) atoms. The van der Waals surface area contributed by atoms with Crippen LogP contribution in [0.2, 0.25) is 0 Å². The number of anilines is 1. The molecule has 1 amide bonds. The Bertz CT molecular complexity index is 984. The Hall–Kier alpha value is -2.96. The third-order valence-corrected chi connectivity index (χ3v) is 3.77. The summed E-state index contributed by atoms with van der Waals surface area (Å²) in [6, 6.07) is 3.59. The molecule has 0 aliphatic heterocycles. The fourth-order valence-corrected chi connectivity index (χ4v) is 2.64. The van der Waals surface area contributed by atoms with Crippen molar-refractivity contribution >= 4 is 22.6 Å². The standard InChI is InChI=1S/C16H17N5O2/c1-9-5-6-13(10(2)18-9)19-15(23)12-8-20(3)16-11(14(12)22)7-17-21(16)4/h5-8H,1-4H3,(H,19,23). The number of rotatable bonds is 2. The maximum absolute atomic E-state index is 12.5. The second-order valence-electron chi connectivity index (χ2n) is 5.53. The lowest BCUT2D eigenvalue weighted by Crippen LogP contribution is -2.24. The van der Waals surface area contributed by atoms with Crippen molar-refractivity contribution in [2.75, 3.05) is 5.32 Å². The summed E-state index contributed by atoms with van der Waals surface area (Å²) in [5, 5.41) is 7.25. The van der Waals surface area contributed by atoms with Crippen LogP contribution in [0, 0.1) is 13.8 Å². The van der Waals surface area contributed by atoms with Gasteiger partial charge in [0.15, 0.2) is 0 Å². The first-order chi connectivity index (χ1) is 10.9. The average molecular weight is 311 g/mol. The zero-order chi connectivity index (χ0) is 16.7. The summed E-state index contributed by atoms with van der Waals surface area (Å²) >= 11 is 0. The summed E-state index contributed by atoms with van der Waals surface area (Å²) in [5.41, 5.74) is 2.58. The van der Waals surface area contributed by atoms with Crippen LogP contribution in [0.25, 0.3) is 11.0 Å². The summed E-state index contributed by atoms with van der Waals surface area (Å²) in [6.07, 6.45) is 3.01. The molecule has 7 heteroatoms. The number of aromatic nitrogens is 4. The van der Waals surface area contributed by atoms with Crippen molar-refractivity contribution in [2.24, 2.45) is 14.1 Å². The largest absolute Gasteiger partial charge is 0.335 e. The van der Waals surface area contributed by atoms with Gasteiger partial charge in [-0.05, 0) is 26.0 Å². The highest BCUT2D eigenvalue weighted by atomic mass is 16.2. The number of amides is 1. The van der Waals surface area contributed by atoms with Crippen molar-refractivity contribution in [3.05, 3.63) is 51.7 Å². The smallest absolute Gasteiger partial charge is 0.261 e. The van der Waals surface area contributed by atoms with Crippen molar-refractivity contribution in [3.8, 4) is 0 Å². The van der Waals surface area contributed by atoms with E-state index in [2.05, 4.69) is 15.4 Å². The molecule has 3 heterocycles. The van der Waals surface area contributed by atoms with Gasteiger partial charge in [0.2, 0.25) is 5.43 Å². The predicted molar refractivity (Wildman–Crippen MR) is 87.6 cm³/mol. The molecule has 0 aliphatic carbocycles. The molecule has 0 aromatic carbocycles. The lowest BCUT2D eigenvalue weighted by Gasteiger charge is -2.10. The van der Waals surface area contributed by atoms with Gasteiger partial charge in [0, 0.05) is 26.0 Å². The number of nitrogens with zero attached hydrogens (tertiary/aromatic N) is 4. The molecule has 3 aromatic rings. The lowest BCUT2D eigenvalue weighted by atomic mass is 10.2. The van der Waals surface area contributed by atoms with Crippen molar-refractivity contribution in [1.82, 2.24) is 19.3 Å². The quantitative estimate of drug-likeness (QED) is 0.778. The Morgan fingerprint density at radius 2 is 1.96 bits per heavy atom. The van der Waals surface area contributed by atoms with Crippen molar-refractivity contribution in [3.63, 3.8) is 0 Å². The van der Waals surface area contributed by atoms with E-state index in [1.54, 1.807) is 29.4 Å². The summed E-state index contributed by atoms with van der Waals surface area (Å²) in [4.78, 5) is 29.3. The van der Waals surface area contributed by atoms with E-state index in [0.717, 1.165) is 5.69 Å². The molecule has 0 radical (unpaired) electrons. The Kier molecular flexibility index (Phi) is 3.48. The van der Waals surface area contributed by atoms with Gasteiger partial charge in [-0.1, -0.05) is 0 Å². The van der Waals surface area contributed by atoms with Gasteiger partial charge in [0.1, 0.15) is 11.2 Å². The number of aryl methyl sites for hydroxylation is 4. The van der Waals surface area contributed by atoms with Crippen molar-refractivity contribution in [1.29, 1.82) is 0 Å². The first-order valence-corrected chi connectivity index (χ1v) is 7.15. The van der Waals surface area contributed by atoms with Gasteiger partial charge in [-0.3, -0.25) is 19.3 Å². The van der Waals surface area contributed by atoms with E-state index in [-0.39, 0.29) is 11.0 Å². The highest BCUT2D eigenvalue weighted by molar-refractivity contribution is 6.05. The van der Waals surface area contributed by atoms with E-state index in [1.807, 2.05) is 19.9 Å². The molecule has 118 valence electrons. The van der Waals surface area contributed by atoms with Gasteiger partial charge in [-0.2, -0.15) is 5.10 Å². The molecule has 7 nitrogen and oxygen atoms in total. The van der Waals surface area contributed by atoms with Gasteiger partial charge >= 0.3 is 0 Å². The second kappa shape index (κ2) is 5.35. The number of fused-ring (bicyclic) bond motifs is 1. The molecule has 0 saturated carbocycles. The third kappa shape index (κ3) is 2.50. The minimum Gasteiger partial charge on any atom is -0.335 e. The van der Waals surface area contributed by atoms with Crippen LogP contribution < -0.4 is 10.7 Å².